The molecule has 0 aliphatic carbocycles. The zero-order valence-corrected chi connectivity index (χ0v) is 15.4. The molecular formula is C21H30N2. The van der Waals surface area contributed by atoms with Crippen LogP contribution in [0.5, 0.6) is 0 Å². The molecule has 2 heteroatoms. The third-order valence-electron chi connectivity index (χ3n) is 4.33. The fourth-order valence-corrected chi connectivity index (χ4v) is 2.95. The maximum absolute atomic E-state index is 2.30. The highest BCUT2D eigenvalue weighted by Crippen LogP contribution is 2.32. The van der Waals surface area contributed by atoms with Crippen molar-refractivity contribution >= 4 is 11.4 Å². The van der Waals surface area contributed by atoms with Crippen LogP contribution >= 0.6 is 0 Å². The number of hydrogen-bond donors (Lipinski definition) is 0. The van der Waals surface area contributed by atoms with Crippen LogP contribution in [0.3, 0.4) is 0 Å². The van der Waals surface area contributed by atoms with Gasteiger partial charge in [0.05, 0.1) is 0 Å². The standard InChI is InChI=1S/C21H30N2/c1-16(2)15-21(17-7-11-19(12-8-17)22(3)4)18-9-13-20(14-10-18)23(5)6/h7-14,16,21H,15H2,1-6H3. The van der Waals surface area contributed by atoms with Gasteiger partial charge >= 0.3 is 0 Å². The molecule has 2 rings (SSSR count). The number of hydrogen-bond acceptors (Lipinski definition) is 2. The maximum Gasteiger partial charge on any atom is 0.0361 e. The number of anilines is 2. The van der Waals surface area contributed by atoms with Crippen molar-refractivity contribution in [2.75, 3.05) is 38.0 Å². The first-order chi connectivity index (χ1) is 10.9. The fraction of sp³-hybridized carbons (Fsp3) is 0.429. The molecule has 0 bridgehead atoms. The molecule has 0 atom stereocenters. The van der Waals surface area contributed by atoms with Crippen LogP contribution in [0.15, 0.2) is 48.5 Å². The summed E-state index contributed by atoms with van der Waals surface area (Å²) in [5.74, 6) is 1.13. The van der Waals surface area contributed by atoms with Crippen molar-refractivity contribution in [3.63, 3.8) is 0 Å². The molecule has 0 saturated heterocycles. The quantitative estimate of drug-likeness (QED) is 0.741. The molecule has 0 heterocycles. The molecule has 0 aliphatic heterocycles. The Morgan fingerprint density at radius 2 is 1.00 bits per heavy atom. The summed E-state index contributed by atoms with van der Waals surface area (Å²) in [6, 6.07) is 18.0. The van der Waals surface area contributed by atoms with Crippen molar-refractivity contribution in [2.45, 2.75) is 26.2 Å². The molecule has 0 spiro atoms. The highest BCUT2D eigenvalue weighted by atomic mass is 15.1. The zero-order valence-electron chi connectivity index (χ0n) is 15.4. The second-order valence-corrected chi connectivity index (χ2v) is 7.15. The first-order valence-electron chi connectivity index (χ1n) is 8.43. The Morgan fingerprint density at radius 1 is 0.652 bits per heavy atom. The van der Waals surface area contributed by atoms with Gasteiger partial charge < -0.3 is 9.80 Å². The van der Waals surface area contributed by atoms with Gasteiger partial charge in [-0.15, -0.1) is 0 Å². The lowest BCUT2D eigenvalue weighted by Crippen LogP contribution is -2.10. The Morgan fingerprint density at radius 3 is 1.26 bits per heavy atom. The predicted molar refractivity (Wildman–Crippen MR) is 103 cm³/mol. The van der Waals surface area contributed by atoms with Crippen molar-refractivity contribution < 1.29 is 0 Å². The summed E-state index contributed by atoms with van der Waals surface area (Å²) in [4.78, 5) is 4.29. The topological polar surface area (TPSA) is 6.48 Å². The summed E-state index contributed by atoms with van der Waals surface area (Å²) in [6.45, 7) is 4.60. The summed E-state index contributed by atoms with van der Waals surface area (Å²) >= 11 is 0. The number of nitrogens with zero attached hydrogens (tertiary/aromatic N) is 2. The molecule has 124 valence electrons. The molecule has 0 saturated carbocycles. The van der Waals surface area contributed by atoms with Crippen LogP contribution in [0, 0.1) is 5.92 Å². The zero-order chi connectivity index (χ0) is 17.0. The average molecular weight is 310 g/mol. The minimum atomic E-state index is 0.461. The van der Waals surface area contributed by atoms with E-state index in [2.05, 4.69) is 100 Å². The molecule has 2 aromatic carbocycles. The highest BCUT2D eigenvalue weighted by Gasteiger charge is 2.16. The van der Waals surface area contributed by atoms with E-state index in [0.717, 1.165) is 0 Å². The van der Waals surface area contributed by atoms with Crippen LogP contribution < -0.4 is 9.80 Å². The molecule has 0 radical (unpaired) electrons. The van der Waals surface area contributed by atoms with E-state index in [9.17, 15) is 0 Å². The van der Waals surface area contributed by atoms with Crippen LogP contribution in [0.1, 0.15) is 37.3 Å². The molecule has 0 amide bonds. The summed E-state index contributed by atoms with van der Waals surface area (Å²) in [5.41, 5.74) is 5.31. The van der Waals surface area contributed by atoms with Gasteiger partial charge in [0.2, 0.25) is 0 Å². The Hall–Kier alpha value is -1.96. The van der Waals surface area contributed by atoms with Crippen LogP contribution in [0.4, 0.5) is 11.4 Å². The Bertz CT molecular complexity index is 543. The highest BCUT2D eigenvalue weighted by molar-refractivity contribution is 5.50. The fourth-order valence-electron chi connectivity index (χ4n) is 2.95. The van der Waals surface area contributed by atoms with Gasteiger partial charge in [-0.2, -0.15) is 0 Å². The van der Waals surface area contributed by atoms with Gasteiger partial charge in [-0.1, -0.05) is 38.1 Å². The third-order valence-corrected chi connectivity index (χ3v) is 4.33. The molecule has 2 nitrogen and oxygen atoms in total. The van der Waals surface area contributed by atoms with E-state index in [1.54, 1.807) is 0 Å². The molecule has 2 aromatic rings. The normalized spacial score (nSPS) is 11.1. The van der Waals surface area contributed by atoms with E-state index in [4.69, 9.17) is 0 Å². The molecule has 0 aromatic heterocycles. The van der Waals surface area contributed by atoms with Crippen molar-refractivity contribution in [2.24, 2.45) is 5.92 Å². The summed E-state index contributed by atoms with van der Waals surface area (Å²) in [6.07, 6.45) is 1.17. The third kappa shape index (κ3) is 4.51. The predicted octanol–water partition coefficient (Wildman–Crippen LogP) is 5.00. The lowest BCUT2D eigenvalue weighted by Gasteiger charge is -2.22. The minimum absolute atomic E-state index is 0.461. The molecule has 0 aliphatic rings. The summed E-state index contributed by atoms with van der Waals surface area (Å²) in [5, 5.41) is 0. The summed E-state index contributed by atoms with van der Waals surface area (Å²) < 4.78 is 0. The Balaban J connectivity index is 2.32. The van der Waals surface area contributed by atoms with E-state index >= 15 is 0 Å². The van der Waals surface area contributed by atoms with Crippen molar-refractivity contribution in [3.05, 3.63) is 59.7 Å². The molecule has 23 heavy (non-hydrogen) atoms. The Kier molecular flexibility index (Phi) is 5.70. The van der Waals surface area contributed by atoms with Crippen molar-refractivity contribution in [3.8, 4) is 0 Å². The van der Waals surface area contributed by atoms with Gasteiger partial charge in [-0.25, -0.2) is 0 Å². The van der Waals surface area contributed by atoms with Crippen LogP contribution in [-0.4, -0.2) is 28.2 Å². The minimum Gasteiger partial charge on any atom is -0.378 e. The van der Waals surface area contributed by atoms with Crippen LogP contribution in [0.25, 0.3) is 0 Å². The van der Waals surface area contributed by atoms with Gasteiger partial charge in [0.1, 0.15) is 0 Å². The van der Waals surface area contributed by atoms with Gasteiger partial charge in [0, 0.05) is 45.5 Å². The maximum atomic E-state index is 2.30. The SMILES string of the molecule is CC(C)CC(c1ccc(N(C)C)cc1)c1ccc(N(C)C)cc1. The monoisotopic (exact) mass is 310 g/mol. The number of benzene rings is 2. The molecule has 0 fully saturated rings. The van der Waals surface area contributed by atoms with Crippen molar-refractivity contribution in [1.82, 2.24) is 0 Å². The lowest BCUT2D eigenvalue weighted by atomic mass is 9.84. The van der Waals surface area contributed by atoms with E-state index < -0.39 is 0 Å². The largest absolute Gasteiger partial charge is 0.378 e. The van der Waals surface area contributed by atoms with E-state index in [0.29, 0.717) is 11.8 Å². The van der Waals surface area contributed by atoms with Gasteiger partial charge in [0.15, 0.2) is 0 Å². The van der Waals surface area contributed by atoms with E-state index in [1.807, 2.05) is 0 Å². The molecule has 0 N–H and O–H groups in total. The second-order valence-electron chi connectivity index (χ2n) is 7.15. The first kappa shape index (κ1) is 17.4. The first-order valence-corrected chi connectivity index (χ1v) is 8.43. The van der Waals surface area contributed by atoms with E-state index in [-0.39, 0.29) is 0 Å². The number of rotatable bonds is 6. The molecule has 0 unspecified atom stereocenters. The van der Waals surface area contributed by atoms with E-state index in [1.165, 1.54) is 28.9 Å². The van der Waals surface area contributed by atoms with Crippen LogP contribution in [0.2, 0.25) is 0 Å². The Labute approximate surface area is 141 Å². The van der Waals surface area contributed by atoms with Gasteiger partial charge in [0.25, 0.3) is 0 Å². The lowest BCUT2D eigenvalue weighted by molar-refractivity contribution is 0.541. The smallest absolute Gasteiger partial charge is 0.0361 e. The van der Waals surface area contributed by atoms with Gasteiger partial charge in [-0.05, 0) is 47.7 Å². The van der Waals surface area contributed by atoms with Gasteiger partial charge in [-0.3, -0.25) is 0 Å². The van der Waals surface area contributed by atoms with Crippen molar-refractivity contribution in [1.29, 1.82) is 0 Å². The average Bonchev–Trinajstić information content (AvgIpc) is 2.52. The van der Waals surface area contributed by atoms with Crippen LogP contribution in [-0.2, 0) is 0 Å². The molecular weight excluding hydrogens is 280 g/mol. The second kappa shape index (κ2) is 7.54. The summed E-state index contributed by atoms with van der Waals surface area (Å²) in [7, 11) is 8.34.